The second-order valence-corrected chi connectivity index (χ2v) is 5.44. The fraction of sp³-hybridized carbons (Fsp3) is 0.429. The van der Waals surface area contributed by atoms with Crippen LogP contribution in [0.15, 0.2) is 17.5 Å². The highest BCUT2D eigenvalue weighted by Gasteiger charge is 2.06. The first kappa shape index (κ1) is 15.4. The van der Waals surface area contributed by atoms with Crippen LogP contribution in [0, 0.1) is 6.92 Å². The first-order chi connectivity index (χ1) is 8.99. The zero-order valence-electron chi connectivity index (χ0n) is 11.2. The molecular weight excluding hydrogens is 262 g/mol. The Labute approximate surface area is 117 Å². The van der Waals surface area contributed by atoms with Crippen molar-refractivity contribution < 1.29 is 14.7 Å². The van der Waals surface area contributed by atoms with E-state index >= 15 is 0 Å². The molecule has 1 rings (SSSR count). The lowest BCUT2D eigenvalue weighted by molar-refractivity contribution is -0.137. The Hall–Kier alpha value is -1.62. The van der Waals surface area contributed by atoms with Gasteiger partial charge in [0.05, 0.1) is 0 Å². The van der Waals surface area contributed by atoms with Crippen molar-refractivity contribution in [2.75, 3.05) is 0 Å². The van der Waals surface area contributed by atoms with Crippen molar-refractivity contribution in [3.8, 4) is 0 Å². The van der Waals surface area contributed by atoms with E-state index in [4.69, 9.17) is 5.11 Å². The zero-order chi connectivity index (χ0) is 14.3. The SMILES string of the molecule is Cc1ccsc1/C=C/C(=O)NC(C)CCCC(=O)O. The number of aliphatic carboxylic acids is 1. The molecule has 1 amide bonds. The van der Waals surface area contributed by atoms with Crippen molar-refractivity contribution in [3.63, 3.8) is 0 Å². The molecule has 0 fully saturated rings. The van der Waals surface area contributed by atoms with E-state index < -0.39 is 5.97 Å². The molecule has 4 nitrogen and oxygen atoms in total. The first-order valence-electron chi connectivity index (χ1n) is 6.23. The molecule has 1 unspecified atom stereocenters. The predicted molar refractivity (Wildman–Crippen MR) is 77.2 cm³/mol. The van der Waals surface area contributed by atoms with Gasteiger partial charge >= 0.3 is 5.97 Å². The van der Waals surface area contributed by atoms with Gasteiger partial charge in [0.1, 0.15) is 0 Å². The van der Waals surface area contributed by atoms with Gasteiger partial charge < -0.3 is 10.4 Å². The number of amides is 1. The van der Waals surface area contributed by atoms with Gasteiger partial charge in [0.25, 0.3) is 0 Å². The van der Waals surface area contributed by atoms with Crippen molar-refractivity contribution in [3.05, 3.63) is 28.0 Å². The number of carbonyl (C=O) groups excluding carboxylic acids is 1. The Morgan fingerprint density at radius 1 is 1.53 bits per heavy atom. The lowest BCUT2D eigenvalue weighted by atomic mass is 10.1. The maximum atomic E-state index is 11.6. The fourth-order valence-corrected chi connectivity index (χ4v) is 2.45. The summed E-state index contributed by atoms with van der Waals surface area (Å²) >= 11 is 1.60. The summed E-state index contributed by atoms with van der Waals surface area (Å²) in [6, 6.07) is 2.00. The summed E-state index contributed by atoms with van der Waals surface area (Å²) in [7, 11) is 0. The predicted octanol–water partition coefficient (Wildman–Crippen LogP) is 2.83. The number of carbonyl (C=O) groups is 2. The molecule has 0 saturated heterocycles. The minimum atomic E-state index is -0.799. The highest BCUT2D eigenvalue weighted by molar-refractivity contribution is 7.11. The molecule has 0 aliphatic rings. The lowest BCUT2D eigenvalue weighted by Crippen LogP contribution is -2.31. The zero-order valence-corrected chi connectivity index (χ0v) is 12.0. The van der Waals surface area contributed by atoms with Crippen molar-refractivity contribution in [1.82, 2.24) is 5.32 Å². The van der Waals surface area contributed by atoms with E-state index in [2.05, 4.69) is 5.32 Å². The number of hydrogen-bond acceptors (Lipinski definition) is 3. The van der Waals surface area contributed by atoms with Gasteiger partial charge in [-0.25, -0.2) is 0 Å². The minimum Gasteiger partial charge on any atom is -0.481 e. The van der Waals surface area contributed by atoms with Gasteiger partial charge in [-0.2, -0.15) is 0 Å². The van der Waals surface area contributed by atoms with E-state index in [1.165, 1.54) is 6.08 Å². The van der Waals surface area contributed by atoms with Crippen molar-refractivity contribution >= 4 is 29.3 Å². The van der Waals surface area contributed by atoms with Gasteiger partial charge in [0, 0.05) is 23.4 Å². The van der Waals surface area contributed by atoms with E-state index in [0.717, 1.165) is 10.4 Å². The molecular formula is C14H19NO3S. The van der Waals surface area contributed by atoms with E-state index in [1.807, 2.05) is 25.3 Å². The van der Waals surface area contributed by atoms with Gasteiger partial charge in [0.2, 0.25) is 5.91 Å². The fourth-order valence-electron chi connectivity index (χ4n) is 1.63. The maximum Gasteiger partial charge on any atom is 0.303 e. The third kappa shape index (κ3) is 6.20. The molecule has 0 saturated carbocycles. The van der Waals surface area contributed by atoms with Crippen LogP contribution in [0.5, 0.6) is 0 Å². The summed E-state index contributed by atoms with van der Waals surface area (Å²) in [4.78, 5) is 23.1. The summed E-state index contributed by atoms with van der Waals surface area (Å²) in [5, 5.41) is 13.3. The molecule has 5 heteroatoms. The van der Waals surface area contributed by atoms with Crippen LogP contribution in [0.1, 0.15) is 36.6 Å². The molecule has 1 heterocycles. The monoisotopic (exact) mass is 281 g/mol. The van der Waals surface area contributed by atoms with Gasteiger partial charge in [-0.05, 0) is 49.8 Å². The van der Waals surface area contributed by atoms with Crippen LogP contribution in [0.2, 0.25) is 0 Å². The Kier molecular flexibility index (Phi) is 6.29. The molecule has 0 radical (unpaired) electrons. The Morgan fingerprint density at radius 2 is 2.26 bits per heavy atom. The largest absolute Gasteiger partial charge is 0.481 e. The number of thiophene rings is 1. The summed E-state index contributed by atoms with van der Waals surface area (Å²) in [6.45, 7) is 3.88. The van der Waals surface area contributed by atoms with Gasteiger partial charge in [0.15, 0.2) is 0 Å². The molecule has 19 heavy (non-hydrogen) atoms. The minimum absolute atomic E-state index is 0.0130. The number of aryl methyl sites for hydroxylation is 1. The van der Waals surface area contributed by atoms with E-state index in [0.29, 0.717) is 12.8 Å². The van der Waals surface area contributed by atoms with Gasteiger partial charge in [-0.3, -0.25) is 9.59 Å². The van der Waals surface area contributed by atoms with Crippen LogP contribution in [-0.2, 0) is 9.59 Å². The molecule has 1 atom stereocenters. The highest BCUT2D eigenvalue weighted by Crippen LogP contribution is 2.16. The van der Waals surface area contributed by atoms with Crippen LogP contribution in [-0.4, -0.2) is 23.0 Å². The third-order valence-corrected chi connectivity index (χ3v) is 3.69. The third-order valence-electron chi connectivity index (χ3n) is 2.70. The quantitative estimate of drug-likeness (QED) is 0.755. The smallest absolute Gasteiger partial charge is 0.303 e. The van der Waals surface area contributed by atoms with Crippen LogP contribution in [0.25, 0.3) is 6.08 Å². The first-order valence-corrected chi connectivity index (χ1v) is 7.11. The van der Waals surface area contributed by atoms with Gasteiger partial charge in [-0.1, -0.05) is 0 Å². The van der Waals surface area contributed by atoms with Crippen molar-refractivity contribution in [2.45, 2.75) is 39.2 Å². The lowest BCUT2D eigenvalue weighted by Gasteiger charge is -2.11. The van der Waals surface area contributed by atoms with E-state index in [1.54, 1.807) is 17.4 Å². The normalized spacial score (nSPS) is 12.5. The molecule has 1 aromatic rings. The molecule has 0 bridgehead atoms. The molecule has 1 aromatic heterocycles. The number of hydrogen-bond donors (Lipinski definition) is 2. The number of carboxylic acid groups (broad SMARTS) is 1. The second kappa shape index (κ2) is 7.74. The Morgan fingerprint density at radius 3 is 2.84 bits per heavy atom. The van der Waals surface area contributed by atoms with E-state index in [-0.39, 0.29) is 18.4 Å². The molecule has 0 aromatic carbocycles. The number of nitrogens with one attached hydrogen (secondary N) is 1. The summed E-state index contributed by atoms with van der Waals surface area (Å²) in [5.74, 6) is -0.942. The molecule has 0 spiro atoms. The average molecular weight is 281 g/mol. The summed E-state index contributed by atoms with van der Waals surface area (Å²) < 4.78 is 0. The molecule has 0 aliphatic carbocycles. The maximum absolute atomic E-state index is 11.6. The molecule has 104 valence electrons. The summed E-state index contributed by atoms with van der Waals surface area (Å²) in [5.41, 5.74) is 1.16. The second-order valence-electron chi connectivity index (χ2n) is 4.50. The van der Waals surface area contributed by atoms with Crippen LogP contribution in [0.3, 0.4) is 0 Å². The van der Waals surface area contributed by atoms with Crippen LogP contribution < -0.4 is 5.32 Å². The Balaban J connectivity index is 2.32. The van der Waals surface area contributed by atoms with Crippen LogP contribution in [0.4, 0.5) is 0 Å². The molecule has 0 aliphatic heterocycles. The highest BCUT2D eigenvalue weighted by atomic mass is 32.1. The Bertz CT molecular complexity index is 465. The molecule has 2 N–H and O–H groups in total. The van der Waals surface area contributed by atoms with Crippen molar-refractivity contribution in [1.29, 1.82) is 0 Å². The average Bonchev–Trinajstić information content (AvgIpc) is 2.71. The van der Waals surface area contributed by atoms with Gasteiger partial charge in [-0.15, -0.1) is 11.3 Å². The standard InChI is InChI=1S/C14H19NO3S/c1-10-8-9-19-12(10)6-7-13(16)15-11(2)4-3-5-14(17)18/h6-9,11H,3-5H2,1-2H3,(H,15,16)(H,17,18)/b7-6+. The topological polar surface area (TPSA) is 66.4 Å². The number of rotatable bonds is 7. The van der Waals surface area contributed by atoms with E-state index in [9.17, 15) is 9.59 Å². The number of carboxylic acids is 1. The van der Waals surface area contributed by atoms with Crippen LogP contribution >= 0.6 is 11.3 Å². The summed E-state index contributed by atoms with van der Waals surface area (Å²) in [6.07, 6.45) is 4.71. The van der Waals surface area contributed by atoms with Crippen molar-refractivity contribution in [2.24, 2.45) is 0 Å².